The number of hydrogen-bond acceptors (Lipinski definition) is 8. The third kappa shape index (κ3) is 5.91. The minimum Gasteiger partial charge on any atom is -0.465 e. The molecule has 2 rings (SSSR count). The smallest absolute Gasteiger partial charge is 0.316 e. The van der Waals surface area contributed by atoms with Crippen molar-refractivity contribution in [2.75, 3.05) is 17.7 Å². The predicted octanol–water partition coefficient (Wildman–Crippen LogP) is 1.70. The van der Waals surface area contributed by atoms with E-state index in [1.807, 2.05) is 30.3 Å². The molecule has 0 spiro atoms. The van der Waals surface area contributed by atoms with Gasteiger partial charge in [-0.3, -0.25) is 14.9 Å². The highest BCUT2D eigenvalue weighted by Crippen LogP contribution is 2.25. The summed E-state index contributed by atoms with van der Waals surface area (Å²) < 4.78 is 5.41. The van der Waals surface area contributed by atoms with Crippen LogP contribution in [0.2, 0.25) is 0 Å². The summed E-state index contributed by atoms with van der Waals surface area (Å²) in [6.45, 7) is 2.09. The molecule has 9 heteroatoms. The second-order valence-electron chi connectivity index (χ2n) is 4.75. The third-order valence-electron chi connectivity index (χ3n) is 2.89. The van der Waals surface area contributed by atoms with E-state index < -0.39 is 6.04 Å². The maximum atomic E-state index is 12.1. The molecule has 2 aromatic rings. The predicted molar refractivity (Wildman–Crippen MR) is 94.0 cm³/mol. The number of esters is 1. The number of hydrogen-bond donors (Lipinski definition) is 2. The number of nitrogens with two attached hydrogens (primary N) is 1. The number of carbonyl (C=O) groups is 2. The minimum absolute atomic E-state index is 0.157. The lowest BCUT2D eigenvalue weighted by atomic mass is 10.1. The average molecular weight is 366 g/mol. The van der Waals surface area contributed by atoms with E-state index >= 15 is 0 Å². The van der Waals surface area contributed by atoms with Crippen LogP contribution in [0.25, 0.3) is 0 Å². The Labute approximate surface area is 148 Å². The lowest BCUT2D eigenvalue weighted by molar-refractivity contribution is -0.139. The number of rotatable bonds is 8. The zero-order chi connectivity index (χ0) is 17.4. The van der Waals surface area contributed by atoms with Crippen LogP contribution in [0.4, 0.5) is 5.13 Å². The van der Waals surface area contributed by atoms with Crippen molar-refractivity contribution in [2.45, 2.75) is 23.7 Å². The molecule has 0 radical (unpaired) electrons. The summed E-state index contributed by atoms with van der Waals surface area (Å²) in [6, 6.07) is 8.87. The third-order valence-corrected chi connectivity index (χ3v) is 4.84. The lowest BCUT2D eigenvalue weighted by Crippen LogP contribution is -2.37. The number of thioether (sulfide) groups is 1. The first-order valence-corrected chi connectivity index (χ1v) is 9.11. The average Bonchev–Trinajstić information content (AvgIpc) is 3.01. The molecule has 0 aliphatic carbocycles. The molecule has 0 aliphatic rings. The number of amides is 1. The summed E-state index contributed by atoms with van der Waals surface area (Å²) in [5.74, 6) is -0.477. The Bertz CT molecular complexity index is 678. The zero-order valence-electron chi connectivity index (χ0n) is 13.1. The Hall–Kier alpha value is -1.97. The molecule has 0 saturated carbocycles. The monoisotopic (exact) mass is 366 g/mol. The molecule has 24 heavy (non-hydrogen) atoms. The molecule has 0 fully saturated rings. The highest BCUT2D eigenvalue weighted by molar-refractivity contribution is 8.01. The van der Waals surface area contributed by atoms with Gasteiger partial charge in [-0.05, 0) is 18.9 Å². The quantitative estimate of drug-likeness (QED) is 0.416. The molecule has 0 aliphatic heterocycles. The number of nitrogens with one attached hydrogen (secondary N) is 1. The first-order valence-electron chi connectivity index (χ1n) is 7.30. The maximum Gasteiger partial charge on any atom is 0.316 e. The summed E-state index contributed by atoms with van der Waals surface area (Å²) >= 11 is 2.41. The van der Waals surface area contributed by atoms with Crippen LogP contribution in [-0.4, -0.2) is 40.5 Å². The van der Waals surface area contributed by atoms with Crippen LogP contribution < -0.4 is 11.1 Å². The molecular formula is C15H18N4O3S2. The fourth-order valence-electron chi connectivity index (χ4n) is 1.80. The SMILES string of the molecule is CCOC(=O)CSc1nnc(NC(=O)C(N)Cc2ccccc2)s1. The summed E-state index contributed by atoms with van der Waals surface area (Å²) in [5, 5.41) is 10.8. The zero-order valence-corrected chi connectivity index (χ0v) is 14.7. The van der Waals surface area contributed by atoms with Gasteiger partial charge in [0.15, 0.2) is 4.34 Å². The number of aromatic nitrogens is 2. The van der Waals surface area contributed by atoms with Crippen LogP contribution in [0.1, 0.15) is 12.5 Å². The molecule has 1 amide bonds. The van der Waals surface area contributed by atoms with Crippen molar-refractivity contribution in [1.82, 2.24) is 10.2 Å². The molecule has 1 aromatic carbocycles. The van der Waals surface area contributed by atoms with Crippen molar-refractivity contribution in [3.63, 3.8) is 0 Å². The van der Waals surface area contributed by atoms with E-state index in [1.54, 1.807) is 6.92 Å². The van der Waals surface area contributed by atoms with Crippen LogP contribution in [-0.2, 0) is 20.7 Å². The Morgan fingerprint density at radius 3 is 2.79 bits per heavy atom. The summed E-state index contributed by atoms with van der Waals surface area (Å²) in [5.41, 5.74) is 6.90. The van der Waals surface area contributed by atoms with Crippen molar-refractivity contribution in [3.05, 3.63) is 35.9 Å². The van der Waals surface area contributed by atoms with Gasteiger partial charge < -0.3 is 10.5 Å². The van der Waals surface area contributed by atoms with E-state index in [1.165, 1.54) is 23.1 Å². The van der Waals surface area contributed by atoms with Gasteiger partial charge in [0.05, 0.1) is 18.4 Å². The van der Waals surface area contributed by atoms with E-state index in [-0.39, 0.29) is 17.6 Å². The summed E-state index contributed by atoms with van der Waals surface area (Å²) in [7, 11) is 0. The van der Waals surface area contributed by atoms with Gasteiger partial charge in [0, 0.05) is 0 Å². The van der Waals surface area contributed by atoms with Crippen molar-refractivity contribution >= 4 is 40.1 Å². The van der Waals surface area contributed by atoms with Crippen molar-refractivity contribution in [3.8, 4) is 0 Å². The van der Waals surface area contributed by atoms with Gasteiger partial charge in [0.25, 0.3) is 0 Å². The molecule has 3 N–H and O–H groups in total. The van der Waals surface area contributed by atoms with E-state index in [0.29, 0.717) is 22.5 Å². The Morgan fingerprint density at radius 1 is 1.33 bits per heavy atom. The molecule has 1 unspecified atom stereocenters. The minimum atomic E-state index is -0.674. The first kappa shape index (κ1) is 18.4. The van der Waals surface area contributed by atoms with Gasteiger partial charge in [-0.15, -0.1) is 10.2 Å². The van der Waals surface area contributed by atoms with Crippen LogP contribution in [0, 0.1) is 0 Å². The fraction of sp³-hybridized carbons (Fsp3) is 0.333. The van der Waals surface area contributed by atoms with Gasteiger partial charge in [-0.25, -0.2) is 0 Å². The molecule has 7 nitrogen and oxygen atoms in total. The van der Waals surface area contributed by atoms with E-state index in [9.17, 15) is 9.59 Å². The topological polar surface area (TPSA) is 107 Å². The molecular weight excluding hydrogens is 348 g/mol. The van der Waals surface area contributed by atoms with Crippen molar-refractivity contribution in [1.29, 1.82) is 0 Å². The molecule has 1 aromatic heterocycles. The maximum absolute atomic E-state index is 12.1. The normalized spacial score (nSPS) is 11.8. The Balaban J connectivity index is 1.82. The van der Waals surface area contributed by atoms with Gasteiger partial charge in [-0.1, -0.05) is 53.4 Å². The van der Waals surface area contributed by atoms with Crippen molar-refractivity contribution in [2.24, 2.45) is 5.73 Å². The Morgan fingerprint density at radius 2 is 2.08 bits per heavy atom. The van der Waals surface area contributed by atoms with Gasteiger partial charge in [0.1, 0.15) is 0 Å². The van der Waals surface area contributed by atoms with Crippen molar-refractivity contribution < 1.29 is 14.3 Å². The fourth-order valence-corrected chi connectivity index (χ4v) is 3.35. The van der Waals surface area contributed by atoms with E-state index in [4.69, 9.17) is 10.5 Å². The molecule has 0 bridgehead atoms. The highest BCUT2D eigenvalue weighted by atomic mass is 32.2. The Kier molecular flexibility index (Phi) is 7.16. The number of ether oxygens (including phenoxy) is 1. The lowest BCUT2D eigenvalue weighted by Gasteiger charge is -2.10. The van der Waals surface area contributed by atoms with Gasteiger partial charge in [0.2, 0.25) is 11.0 Å². The van der Waals surface area contributed by atoms with Crippen LogP contribution in [0.5, 0.6) is 0 Å². The van der Waals surface area contributed by atoms with E-state index in [0.717, 1.165) is 5.56 Å². The van der Waals surface area contributed by atoms with Crippen LogP contribution >= 0.6 is 23.1 Å². The number of carbonyl (C=O) groups excluding carboxylic acids is 2. The number of nitrogens with zero attached hydrogens (tertiary/aromatic N) is 2. The molecule has 1 heterocycles. The highest BCUT2D eigenvalue weighted by Gasteiger charge is 2.16. The van der Waals surface area contributed by atoms with Crippen LogP contribution in [0.3, 0.4) is 0 Å². The largest absolute Gasteiger partial charge is 0.465 e. The van der Waals surface area contributed by atoms with Gasteiger partial charge >= 0.3 is 5.97 Å². The summed E-state index contributed by atoms with van der Waals surface area (Å²) in [4.78, 5) is 23.4. The second-order valence-corrected chi connectivity index (χ2v) is 6.95. The molecule has 0 saturated heterocycles. The second kappa shape index (κ2) is 9.36. The molecule has 128 valence electrons. The summed E-state index contributed by atoms with van der Waals surface area (Å²) in [6.07, 6.45) is 0.440. The standard InChI is InChI=1S/C15H18N4O3S2/c1-2-22-12(20)9-23-15-19-18-14(24-15)17-13(21)11(16)8-10-6-4-3-5-7-10/h3-7,11H,2,8-9,16H2,1H3,(H,17,18,21). The number of anilines is 1. The molecule has 1 atom stereocenters. The van der Waals surface area contributed by atoms with Crippen LogP contribution in [0.15, 0.2) is 34.7 Å². The van der Waals surface area contributed by atoms with E-state index in [2.05, 4.69) is 15.5 Å². The number of benzene rings is 1. The van der Waals surface area contributed by atoms with Gasteiger partial charge in [-0.2, -0.15) is 0 Å². The first-order chi connectivity index (χ1) is 11.6.